The summed E-state index contributed by atoms with van der Waals surface area (Å²) in [7, 11) is 3.86. The Hall–Kier alpha value is -2.30. The van der Waals surface area contributed by atoms with Crippen LogP contribution in [-0.4, -0.2) is 31.1 Å². The lowest BCUT2D eigenvalue weighted by molar-refractivity contribution is -0.144. The van der Waals surface area contributed by atoms with Crippen molar-refractivity contribution in [3.8, 4) is 0 Å². The molecule has 0 aliphatic carbocycles. The normalized spacial score (nSPS) is 12.2. The molecule has 0 heterocycles. The Morgan fingerprint density at radius 2 is 2.05 bits per heavy atom. The molecule has 5 heteroatoms. The minimum absolute atomic E-state index is 0.388. The maximum Gasteiger partial charge on any atom is 0.331 e. The first-order valence-corrected chi connectivity index (χ1v) is 6.33. The Balaban J connectivity index is 2.83. The molecule has 0 fully saturated rings. The summed E-state index contributed by atoms with van der Waals surface area (Å²) >= 11 is 0. The number of nitrogens with zero attached hydrogens (tertiary/aromatic N) is 1. The number of carbonyl (C=O) groups excluding carboxylic acids is 1. The van der Waals surface area contributed by atoms with E-state index in [4.69, 9.17) is 9.84 Å². The Bertz CT molecular complexity index is 508. The summed E-state index contributed by atoms with van der Waals surface area (Å²) in [6.07, 6.45) is 1.91. The molecule has 0 aliphatic rings. The van der Waals surface area contributed by atoms with E-state index < -0.39 is 11.9 Å². The predicted molar refractivity (Wildman–Crippen MR) is 76.7 cm³/mol. The average Bonchev–Trinajstić information content (AvgIpc) is 2.42. The van der Waals surface area contributed by atoms with Gasteiger partial charge in [0.2, 0.25) is 0 Å². The van der Waals surface area contributed by atoms with E-state index in [2.05, 4.69) is 0 Å². The molecule has 108 valence electrons. The molecule has 0 saturated heterocycles. The van der Waals surface area contributed by atoms with Gasteiger partial charge >= 0.3 is 11.9 Å². The van der Waals surface area contributed by atoms with Gasteiger partial charge in [-0.25, -0.2) is 9.59 Å². The molecular weight excluding hydrogens is 258 g/mol. The minimum atomic E-state index is -1.18. The van der Waals surface area contributed by atoms with Crippen LogP contribution in [0.5, 0.6) is 0 Å². The molecule has 1 unspecified atom stereocenters. The lowest BCUT2D eigenvalue weighted by Crippen LogP contribution is -2.12. The van der Waals surface area contributed by atoms with E-state index in [-0.39, 0.29) is 6.10 Å². The van der Waals surface area contributed by atoms with Gasteiger partial charge in [-0.1, -0.05) is 19.1 Å². The Labute approximate surface area is 118 Å². The van der Waals surface area contributed by atoms with Crippen LogP contribution in [0.15, 0.2) is 36.4 Å². The molecule has 0 saturated carbocycles. The number of anilines is 1. The number of carboxylic acids is 1. The number of esters is 1. The van der Waals surface area contributed by atoms with Crippen molar-refractivity contribution < 1.29 is 19.4 Å². The molecule has 1 N–H and O–H groups in total. The van der Waals surface area contributed by atoms with E-state index in [9.17, 15) is 9.59 Å². The molecule has 5 nitrogen and oxygen atoms in total. The number of rotatable bonds is 6. The molecule has 1 aromatic carbocycles. The first-order valence-electron chi connectivity index (χ1n) is 6.33. The highest BCUT2D eigenvalue weighted by Gasteiger charge is 2.14. The van der Waals surface area contributed by atoms with E-state index in [0.29, 0.717) is 6.42 Å². The van der Waals surface area contributed by atoms with Crippen molar-refractivity contribution in [2.24, 2.45) is 0 Å². The second kappa shape index (κ2) is 7.33. The number of carbonyl (C=O) groups is 2. The highest BCUT2D eigenvalue weighted by atomic mass is 16.5. The quantitative estimate of drug-likeness (QED) is 0.639. The third kappa shape index (κ3) is 4.76. The van der Waals surface area contributed by atoms with Crippen molar-refractivity contribution in [1.82, 2.24) is 0 Å². The zero-order chi connectivity index (χ0) is 15.1. The molecule has 1 rings (SSSR count). The van der Waals surface area contributed by atoms with Crippen LogP contribution in [0.4, 0.5) is 5.69 Å². The van der Waals surface area contributed by atoms with E-state index in [1.54, 1.807) is 0 Å². The number of aliphatic carboxylic acids is 1. The SMILES string of the molecule is CCC(OC(=O)/C=C\C(=O)O)c1cccc(N(C)C)c1. The van der Waals surface area contributed by atoms with Gasteiger partial charge in [0.05, 0.1) is 0 Å². The standard InChI is InChI=1S/C15H19NO4/c1-4-13(20-15(19)9-8-14(17)18)11-6-5-7-12(10-11)16(2)3/h5-10,13H,4H2,1-3H3,(H,17,18)/b9-8-. The summed E-state index contributed by atoms with van der Waals surface area (Å²) in [4.78, 5) is 23.8. The number of carboxylic acid groups (broad SMARTS) is 1. The number of benzene rings is 1. The van der Waals surface area contributed by atoms with Crippen molar-refractivity contribution in [1.29, 1.82) is 0 Å². The highest BCUT2D eigenvalue weighted by molar-refractivity contribution is 5.90. The van der Waals surface area contributed by atoms with Gasteiger partial charge in [0, 0.05) is 31.9 Å². The van der Waals surface area contributed by atoms with Crippen LogP contribution >= 0.6 is 0 Å². The van der Waals surface area contributed by atoms with Crippen LogP contribution in [0.25, 0.3) is 0 Å². The molecule has 1 atom stereocenters. The van der Waals surface area contributed by atoms with Gasteiger partial charge in [-0.15, -0.1) is 0 Å². The van der Waals surface area contributed by atoms with Crippen molar-refractivity contribution in [2.45, 2.75) is 19.4 Å². The first-order chi connectivity index (χ1) is 9.43. The smallest absolute Gasteiger partial charge is 0.331 e. The zero-order valence-corrected chi connectivity index (χ0v) is 11.9. The minimum Gasteiger partial charge on any atom is -0.478 e. The van der Waals surface area contributed by atoms with Gasteiger partial charge in [-0.05, 0) is 24.1 Å². The average molecular weight is 277 g/mol. The van der Waals surface area contributed by atoms with Gasteiger partial charge in [0.15, 0.2) is 0 Å². The van der Waals surface area contributed by atoms with E-state index >= 15 is 0 Å². The van der Waals surface area contributed by atoms with Gasteiger partial charge in [0.25, 0.3) is 0 Å². The summed E-state index contributed by atoms with van der Waals surface area (Å²) in [5.41, 5.74) is 1.90. The molecule has 0 amide bonds. The molecule has 0 aliphatic heterocycles. The summed E-state index contributed by atoms with van der Waals surface area (Å²) in [5.74, 6) is -1.83. The Morgan fingerprint density at radius 1 is 1.35 bits per heavy atom. The van der Waals surface area contributed by atoms with Gasteiger partial charge in [-0.2, -0.15) is 0 Å². The topological polar surface area (TPSA) is 66.8 Å². The largest absolute Gasteiger partial charge is 0.478 e. The van der Waals surface area contributed by atoms with E-state index in [1.807, 2.05) is 50.2 Å². The second-order valence-corrected chi connectivity index (χ2v) is 4.49. The summed E-state index contributed by atoms with van der Waals surface area (Å²) < 4.78 is 5.26. The van der Waals surface area contributed by atoms with Crippen LogP contribution in [-0.2, 0) is 14.3 Å². The lowest BCUT2D eigenvalue weighted by Gasteiger charge is -2.18. The fraction of sp³-hybridized carbons (Fsp3) is 0.333. The van der Waals surface area contributed by atoms with E-state index in [0.717, 1.165) is 23.4 Å². The Morgan fingerprint density at radius 3 is 2.60 bits per heavy atom. The number of hydrogen-bond acceptors (Lipinski definition) is 4. The van der Waals surface area contributed by atoms with Crippen molar-refractivity contribution in [2.75, 3.05) is 19.0 Å². The molecule has 0 bridgehead atoms. The van der Waals surface area contributed by atoms with Crippen LogP contribution in [0.2, 0.25) is 0 Å². The third-order valence-electron chi connectivity index (χ3n) is 2.75. The van der Waals surface area contributed by atoms with Crippen LogP contribution in [0.1, 0.15) is 25.0 Å². The maximum atomic E-state index is 11.5. The fourth-order valence-corrected chi connectivity index (χ4v) is 1.71. The summed E-state index contributed by atoms with van der Waals surface area (Å²) in [5, 5.41) is 8.47. The Kier molecular flexibility index (Phi) is 5.77. The van der Waals surface area contributed by atoms with E-state index in [1.165, 1.54) is 0 Å². The summed E-state index contributed by atoms with van der Waals surface area (Å²) in [6, 6.07) is 7.69. The first kappa shape index (κ1) is 15.8. The molecule has 0 radical (unpaired) electrons. The summed E-state index contributed by atoms with van der Waals surface area (Å²) in [6.45, 7) is 1.90. The predicted octanol–water partition coefficient (Wildman–Crippen LogP) is 2.39. The number of hydrogen-bond donors (Lipinski definition) is 1. The highest BCUT2D eigenvalue weighted by Crippen LogP contribution is 2.24. The molecule has 0 aromatic heterocycles. The van der Waals surface area contributed by atoms with Crippen LogP contribution in [0.3, 0.4) is 0 Å². The molecular formula is C15H19NO4. The molecule has 0 spiro atoms. The zero-order valence-electron chi connectivity index (χ0n) is 11.9. The van der Waals surface area contributed by atoms with Crippen molar-refractivity contribution >= 4 is 17.6 Å². The van der Waals surface area contributed by atoms with Gasteiger partial charge < -0.3 is 14.7 Å². The monoisotopic (exact) mass is 277 g/mol. The van der Waals surface area contributed by atoms with Gasteiger partial charge in [0.1, 0.15) is 6.10 Å². The van der Waals surface area contributed by atoms with Crippen LogP contribution in [0, 0.1) is 0 Å². The molecule has 1 aromatic rings. The fourth-order valence-electron chi connectivity index (χ4n) is 1.71. The van der Waals surface area contributed by atoms with Crippen molar-refractivity contribution in [3.05, 3.63) is 42.0 Å². The van der Waals surface area contributed by atoms with Crippen LogP contribution < -0.4 is 4.90 Å². The second-order valence-electron chi connectivity index (χ2n) is 4.49. The molecule has 20 heavy (non-hydrogen) atoms. The third-order valence-corrected chi connectivity index (χ3v) is 2.75. The lowest BCUT2D eigenvalue weighted by atomic mass is 10.1. The maximum absolute atomic E-state index is 11.5. The number of ether oxygens (including phenoxy) is 1. The van der Waals surface area contributed by atoms with Crippen molar-refractivity contribution in [3.63, 3.8) is 0 Å². The van der Waals surface area contributed by atoms with Gasteiger partial charge in [-0.3, -0.25) is 0 Å².